The number of aromatic nitrogens is 3. The van der Waals surface area contributed by atoms with E-state index in [1.54, 1.807) is 0 Å². The Morgan fingerprint density at radius 1 is 0.328 bits per heavy atom. The number of para-hydroxylation sites is 4. The number of hydrogen-bond acceptors (Lipinski definition) is 3. The van der Waals surface area contributed by atoms with Gasteiger partial charge >= 0.3 is 13.7 Å². The van der Waals surface area contributed by atoms with E-state index < -0.39 is 0 Å². The van der Waals surface area contributed by atoms with E-state index in [0.29, 0.717) is 0 Å². The molecule has 0 radical (unpaired) electrons. The predicted molar refractivity (Wildman–Crippen MR) is 542 cm³/mol. The zero-order valence-corrected chi connectivity index (χ0v) is 75.9. The summed E-state index contributed by atoms with van der Waals surface area (Å²) in [6, 6.07) is 105. The quantitative estimate of drug-likeness (QED) is 0.122. The van der Waals surface area contributed by atoms with Crippen LogP contribution < -0.4 is 31.6 Å². The third-order valence-electron chi connectivity index (χ3n) is 31.1. The van der Waals surface area contributed by atoms with Gasteiger partial charge in [0.05, 0.1) is 49.9 Å². The SMILES string of the molecule is CC(C)(C)c1cc2ccc3c4c5c(c6ccc(c1)c2c36)-n1c2ccc(C(C)(C)C)cc2c2cc(C(C)(C)CCC(C)(C)c3cc6ccc7c8c9c(c%10ccc(c3)c6c7%10)N3c6ccccc6C(C)(C)c6ccccc6-n6c3c(c3ccccc36)B9n3c6ccc(C(C)(C)C)cc6c6cc(C(C)(C)C)cc-8c63)cc(c21)B5N(c1ccccc1)c1c-4sc2ccccc12. The van der Waals surface area contributed by atoms with Crippen molar-refractivity contribution < 1.29 is 0 Å². The van der Waals surface area contributed by atoms with Crippen LogP contribution in [0.25, 0.3) is 162 Å². The van der Waals surface area contributed by atoms with Gasteiger partial charge in [-0.1, -0.05) is 307 Å². The lowest BCUT2D eigenvalue weighted by Gasteiger charge is -2.45. The smallest absolute Gasteiger partial charge is 0.335 e. The van der Waals surface area contributed by atoms with Crippen LogP contribution in [-0.2, 0) is 37.9 Å². The molecule has 0 fully saturated rings. The normalized spacial score (nSPS) is 14.9. The van der Waals surface area contributed by atoms with Crippen LogP contribution in [0.1, 0.15) is 182 Å². The molecule has 0 unspecified atom stereocenters. The minimum atomic E-state index is -0.385. The summed E-state index contributed by atoms with van der Waals surface area (Å²) in [7, 11) is 0. The first-order valence-electron chi connectivity index (χ1n) is 45.7. The van der Waals surface area contributed by atoms with Crippen LogP contribution in [0, 0.1) is 0 Å². The molecule has 0 N–H and O–H groups in total. The molecule has 125 heavy (non-hydrogen) atoms. The summed E-state index contributed by atoms with van der Waals surface area (Å²) < 4.78 is 9.58. The fourth-order valence-corrected chi connectivity index (χ4v) is 25.7. The van der Waals surface area contributed by atoms with Gasteiger partial charge in [0, 0.05) is 91.9 Å². The second-order valence-electron chi connectivity index (χ2n) is 43.8. The highest BCUT2D eigenvalue weighted by Gasteiger charge is 2.52. The van der Waals surface area contributed by atoms with Crippen molar-refractivity contribution in [1.82, 2.24) is 13.6 Å². The van der Waals surface area contributed by atoms with Crippen molar-refractivity contribution in [2.45, 2.75) is 175 Å². The van der Waals surface area contributed by atoms with Gasteiger partial charge in [-0.15, -0.1) is 11.3 Å². The summed E-state index contributed by atoms with van der Waals surface area (Å²) in [5, 5.41) is 23.8. The Morgan fingerprint density at radius 2 is 0.808 bits per heavy atom. The fraction of sp³-hybridized carbons (Fsp3) is 0.231. The molecule has 9 heterocycles. The number of anilines is 5. The minimum Gasteiger partial charge on any atom is -0.375 e. The third-order valence-corrected chi connectivity index (χ3v) is 32.3. The molecule has 606 valence electrons. The van der Waals surface area contributed by atoms with Crippen LogP contribution in [0.3, 0.4) is 0 Å². The Balaban J connectivity index is 0.681. The molecule has 0 spiro atoms. The zero-order valence-electron chi connectivity index (χ0n) is 75.0. The van der Waals surface area contributed by atoms with Crippen molar-refractivity contribution in [2.75, 3.05) is 9.71 Å². The van der Waals surface area contributed by atoms with E-state index >= 15 is 0 Å². The van der Waals surface area contributed by atoms with E-state index in [9.17, 15) is 0 Å². The zero-order chi connectivity index (χ0) is 85.2. The first kappa shape index (κ1) is 74.1. The summed E-state index contributed by atoms with van der Waals surface area (Å²) in [5.41, 5.74) is 33.2. The van der Waals surface area contributed by atoms with Crippen LogP contribution >= 0.6 is 11.3 Å². The van der Waals surface area contributed by atoms with Crippen molar-refractivity contribution in [1.29, 1.82) is 0 Å². The van der Waals surface area contributed by atoms with Crippen molar-refractivity contribution >= 4 is 205 Å². The average Bonchev–Trinajstić information content (AvgIpc) is 1.53. The average molecular weight is 1630 g/mol. The van der Waals surface area contributed by atoms with Gasteiger partial charge in [-0.25, -0.2) is 0 Å². The number of fused-ring (bicyclic) bond motifs is 27. The lowest BCUT2D eigenvalue weighted by atomic mass is 9.43. The van der Waals surface area contributed by atoms with Crippen LogP contribution in [0.5, 0.6) is 0 Å². The Bertz CT molecular complexity index is 8410. The third kappa shape index (κ3) is 9.67. The summed E-state index contributed by atoms with van der Waals surface area (Å²) in [6.45, 7) is 43.3. The van der Waals surface area contributed by atoms with Gasteiger partial charge in [-0.05, 0) is 239 Å². The molecule has 0 amide bonds. The molecule has 0 saturated carbocycles. The Hall–Kier alpha value is -12.4. The first-order chi connectivity index (χ1) is 59.8. The molecule has 26 rings (SSSR count). The second-order valence-corrected chi connectivity index (χ2v) is 44.8. The number of nitrogens with zero attached hydrogens (tertiary/aromatic N) is 5. The lowest BCUT2D eigenvalue weighted by molar-refractivity contribution is 0.375. The van der Waals surface area contributed by atoms with Gasteiger partial charge in [0.25, 0.3) is 0 Å². The van der Waals surface area contributed by atoms with Gasteiger partial charge < -0.3 is 13.9 Å². The number of benzene rings is 17. The van der Waals surface area contributed by atoms with E-state index in [1.807, 2.05) is 11.3 Å². The van der Waals surface area contributed by atoms with E-state index in [0.717, 1.165) is 12.8 Å². The standard InChI is InChI=1S/C117H101B2N5S/c1-111(2,3)68-44-50-90-81(58-68)84-62-73(63-88-105(84)121(90)106-79-48-42-65-55-70(113(7,8)9)54-64-41-47-78(98(79)95(64)65)100-103(106)118(88)123(74-30-20-19-21-31-74)108-76-33-23-29-39-94(76)125-109(100)108)116(15,16)53-52-115(13,14)72-56-66-40-46-77-97-80(49-43-67(57-72)96(66)97)107-102-99(77)85-61-71(114(10,11)12)60-83-82-59-69(112(4,5)6)45-51-91(82)124(104(83)85)119(102)101-75-32-22-26-36-89(75)120-92-37-27-24-34-86(92)117(17,18)87-35-25-28-38-93(87)122(107)110(101)120/h19-51,54-63H,52-53H2,1-18H3. The van der Waals surface area contributed by atoms with E-state index in [1.165, 1.54) is 257 Å². The fourth-order valence-electron chi connectivity index (χ4n) is 24.4. The maximum Gasteiger partial charge on any atom is 0.335 e. The van der Waals surface area contributed by atoms with Crippen LogP contribution in [-0.4, -0.2) is 27.3 Å². The Morgan fingerprint density at radius 3 is 1.45 bits per heavy atom. The van der Waals surface area contributed by atoms with Gasteiger partial charge in [-0.3, -0.25) is 9.47 Å². The highest BCUT2D eigenvalue weighted by Crippen LogP contribution is 2.61. The molecule has 8 heteroatoms. The molecule has 21 aromatic rings. The highest BCUT2D eigenvalue weighted by molar-refractivity contribution is 7.24. The molecule has 17 aromatic carbocycles. The molecule has 4 aromatic heterocycles. The van der Waals surface area contributed by atoms with E-state index in [4.69, 9.17) is 0 Å². The van der Waals surface area contributed by atoms with Crippen LogP contribution in [0.4, 0.5) is 28.6 Å². The highest BCUT2D eigenvalue weighted by atomic mass is 32.1. The Kier molecular flexibility index (Phi) is 14.4. The lowest BCUT2D eigenvalue weighted by Crippen LogP contribution is -2.60. The Labute approximate surface area is 736 Å². The molecule has 5 nitrogen and oxygen atoms in total. The summed E-state index contributed by atoms with van der Waals surface area (Å²) in [6.07, 6.45) is 1.93. The van der Waals surface area contributed by atoms with Crippen molar-refractivity contribution in [2.24, 2.45) is 0 Å². The van der Waals surface area contributed by atoms with Crippen molar-refractivity contribution in [3.8, 4) is 32.9 Å². The topological polar surface area (TPSA) is 21.3 Å². The summed E-state index contributed by atoms with van der Waals surface area (Å²) in [4.78, 5) is 6.92. The minimum absolute atomic E-state index is 0.00816. The van der Waals surface area contributed by atoms with E-state index in [-0.39, 0.29) is 51.6 Å². The molecule has 5 aliphatic heterocycles. The number of hydrogen-bond donors (Lipinski definition) is 0. The van der Waals surface area contributed by atoms with Crippen LogP contribution in [0.2, 0.25) is 0 Å². The molecule has 0 atom stereocenters. The number of rotatable bonds is 6. The summed E-state index contributed by atoms with van der Waals surface area (Å²) in [5.74, 6) is 1.22. The van der Waals surface area contributed by atoms with Crippen molar-refractivity contribution in [3.05, 3.63) is 305 Å². The molecular formula is C117H101B2N5S. The van der Waals surface area contributed by atoms with Gasteiger partial charge in [0.2, 0.25) is 0 Å². The monoisotopic (exact) mass is 1630 g/mol. The molecular weight excluding hydrogens is 1530 g/mol. The first-order valence-corrected chi connectivity index (χ1v) is 46.5. The van der Waals surface area contributed by atoms with Gasteiger partial charge in [0.1, 0.15) is 5.82 Å². The van der Waals surface area contributed by atoms with Crippen molar-refractivity contribution in [3.63, 3.8) is 0 Å². The van der Waals surface area contributed by atoms with Crippen LogP contribution in [0.15, 0.2) is 261 Å². The predicted octanol–water partition coefficient (Wildman–Crippen LogP) is 29.4. The second kappa shape index (κ2) is 24.2. The molecule has 5 aliphatic rings. The van der Waals surface area contributed by atoms with E-state index in [2.05, 4.69) is 409 Å². The number of thiophene rings is 1. The maximum absolute atomic E-state index is 2.82. The maximum atomic E-state index is 2.82. The summed E-state index contributed by atoms with van der Waals surface area (Å²) >= 11 is 1.98. The molecule has 0 aliphatic carbocycles. The largest absolute Gasteiger partial charge is 0.375 e. The van der Waals surface area contributed by atoms with Gasteiger partial charge in [0.15, 0.2) is 0 Å². The van der Waals surface area contributed by atoms with Gasteiger partial charge in [-0.2, -0.15) is 0 Å². The molecule has 0 bridgehead atoms. The molecule has 0 saturated heterocycles.